The van der Waals surface area contributed by atoms with Crippen molar-refractivity contribution in [1.29, 1.82) is 0 Å². The molecule has 0 aromatic heterocycles. The second kappa shape index (κ2) is 9.15. The second-order valence-electron chi connectivity index (χ2n) is 3.96. The Balaban J connectivity index is 3.47. The maximum absolute atomic E-state index is 11.3. The molecule has 0 saturated heterocycles. The summed E-state index contributed by atoms with van der Waals surface area (Å²) in [6, 6.07) is 0. The third-order valence-corrected chi connectivity index (χ3v) is 2.16. The molecule has 0 aliphatic heterocycles. The molecule has 5 nitrogen and oxygen atoms in total. The van der Waals surface area contributed by atoms with Gasteiger partial charge in [-0.15, -0.1) is 0 Å². The van der Waals surface area contributed by atoms with Crippen molar-refractivity contribution in [2.24, 2.45) is 5.92 Å². The standard InChI is InChI=1S/C11H22N2O3/c1-3-12-5-4-6-13-10(14)7-9(2)8-11(15)16/h9,12H,3-8H2,1-2H3,(H,13,14)(H,15,16). The third-order valence-electron chi connectivity index (χ3n) is 2.16. The van der Waals surface area contributed by atoms with Crippen LogP contribution in [0.5, 0.6) is 0 Å². The van der Waals surface area contributed by atoms with Gasteiger partial charge in [0.25, 0.3) is 0 Å². The molecule has 1 atom stereocenters. The molecule has 16 heavy (non-hydrogen) atoms. The first-order valence-electron chi connectivity index (χ1n) is 5.75. The van der Waals surface area contributed by atoms with E-state index in [1.807, 2.05) is 6.92 Å². The van der Waals surface area contributed by atoms with Crippen LogP contribution in [0, 0.1) is 5.92 Å². The number of rotatable bonds is 9. The molecule has 0 bridgehead atoms. The summed E-state index contributed by atoms with van der Waals surface area (Å²) in [6.07, 6.45) is 1.23. The van der Waals surface area contributed by atoms with Crippen molar-refractivity contribution in [3.63, 3.8) is 0 Å². The Morgan fingerprint density at radius 2 is 1.94 bits per heavy atom. The van der Waals surface area contributed by atoms with Gasteiger partial charge in [0.1, 0.15) is 0 Å². The van der Waals surface area contributed by atoms with Crippen LogP contribution in [0.2, 0.25) is 0 Å². The lowest BCUT2D eigenvalue weighted by atomic mass is 10.0. The van der Waals surface area contributed by atoms with Gasteiger partial charge < -0.3 is 15.7 Å². The first-order chi connectivity index (χ1) is 7.56. The Morgan fingerprint density at radius 1 is 1.25 bits per heavy atom. The van der Waals surface area contributed by atoms with E-state index < -0.39 is 5.97 Å². The first kappa shape index (κ1) is 14.9. The Bertz CT molecular complexity index is 219. The summed E-state index contributed by atoms with van der Waals surface area (Å²) >= 11 is 0. The average molecular weight is 230 g/mol. The van der Waals surface area contributed by atoms with Crippen molar-refractivity contribution in [2.75, 3.05) is 19.6 Å². The number of amides is 1. The lowest BCUT2D eigenvalue weighted by Gasteiger charge is -2.09. The Kier molecular flexibility index (Phi) is 8.52. The van der Waals surface area contributed by atoms with Crippen LogP contribution in [0.3, 0.4) is 0 Å². The molecule has 0 radical (unpaired) electrons. The van der Waals surface area contributed by atoms with Gasteiger partial charge in [0.05, 0.1) is 0 Å². The Labute approximate surface area is 96.6 Å². The monoisotopic (exact) mass is 230 g/mol. The molecule has 0 saturated carbocycles. The molecule has 1 amide bonds. The summed E-state index contributed by atoms with van der Waals surface area (Å²) < 4.78 is 0. The van der Waals surface area contributed by atoms with Gasteiger partial charge in [0.2, 0.25) is 5.91 Å². The minimum atomic E-state index is -0.854. The van der Waals surface area contributed by atoms with Crippen LogP contribution in [0.1, 0.15) is 33.1 Å². The lowest BCUT2D eigenvalue weighted by Crippen LogP contribution is -2.28. The van der Waals surface area contributed by atoms with Crippen molar-refractivity contribution in [2.45, 2.75) is 33.1 Å². The number of carboxylic acid groups (broad SMARTS) is 1. The highest BCUT2D eigenvalue weighted by molar-refractivity contribution is 5.77. The molecule has 3 N–H and O–H groups in total. The molecule has 0 aromatic rings. The van der Waals surface area contributed by atoms with E-state index in [0.29, 0.717) is 6.54 Å². The van der Waals surface area contributed by atoms with Gasteiger partial charge in [-0.05, 0) is 25.4 Å². The van der Waals surface area contributed by atoms with Crippen LogP contribution < -0.4 is 10.6 Å². The maximum atomic E-state index is 11.3. The molecule has 0 fully saturated rings. The summed E-state index contributed by atoms with van der Waals surface area (Å²) in [5, 5.41) is 14.5. The van der Waals surface area contributed by atoms with Crippen molar-refractivity contribution < 1.29 is 14.7 Å². The van der Waals surface area contributed by atoms with E-state index in [9.17, 15) is 9.59 Å². The fourth-order valence-electron chi connectivity index (χ4n) is 1.38. The zero-order valence-electron chi connectivity index (χ0n) is 10.1. The fraction of sp³-hybridized carbons (Fsp3) is 0.818. The number of aliphatic carboxylic acids is 1. The number of nitrogens with one attached hydrogen (secondary N) is 2. The minimum absolute atomic E-state index is 0.0464. The molecular formula is C11H22N2O3. The second-order valence-corrected chi connectivity index (χ2v) is 3.96. The molecule has 1 unspecified atom stereocenters. The van der Waals surface area contributed by atoms with Crippen molar-refractivity contribution in [1.82, 2.24) is 10.6 Å². The normalized spacial score (nSPS) is 12.1. The maximum Gasteiger partial charge on any atom is 0.303 e. The van der Waals surface area contributed by atoms with Gasteiger partial charge in [-0.25, -0.2) is 0 Å². The molecule has 5 heteroatoms. The van der Waals surface area contributed by atoms with Crippen molar-refractivity contribution in [3.05, 3.63) is 0 Å². The molecule has 0 heterocycles. The van der Waals surface area contributed by atoms with Crippen LogP contribution in [0.25, 0.3) is 0 Å². The average Bonchev–Trinajstić information content (AvgIpc) is 2.15. The minimum Gasteiger partial charge on any atom is -0.481 e. The zero-order valence-corrected chi connectivity index (χ0v) is 10.1. The van der Waals surface area contributed by atoms with Crippen LogP contribution in [0.15, 0.2) is 0 Å². The predicted molar refractivity (Wildman–Crippen MR) is 62.2 cm³/mol. The first-order valence-corrected chi connectivity index (χ1v) is 5.75. The van der Waals surface area contributed by atoms with Crippen LogP contribution in [-0.2, 0) is 9.59 Å². The van der Waals surface area contributed by atoms with Crippen LogP contribution in [-0.4, -0.2) is 36.6 Å². The van der Waals surface area contributed by atoms with Crippen molar-refractivity contribution in [3.8, 4) is 0 Å². The molecule has 94 valence electrons. The number of carbonyl (C=O) groups is 2. The molecule has 0 aliphatic carbocycles. The third kappa shape index (κ3) is 9.45. The van der Waals surface area contributed by atoms with Crippen LogP contribution in [0.4, 0.5) is 0 Å². The Morgan fingerprint density at radius 3 is 2.50 bits per heavy atom. The molecule has 0 aliphatic rings. The van der Waals surface area contributed by atoms with Crippen LogP contribution >= 0.6 is 0 Å². The molecule has 0 spiro atoms. The van der Waals surface area contributed by atoms with E-state index >= 15 is 0 Å². The highest BCUT2D eigenvalue weighted by Gasteiger charge is 2.11. The van der Waals surface area contributed by atoms with Gasteiger partial charge in [0.15, 0.2) is 0 Å². The highest BCUT2D eigenvalue weighted by Crippen LogP contribution is 2.06. The highest BCUT2D eigenvalue weighted by atomic mass is 16.4. The zero-order chi connectivity index (χ0) is 12.4. The molecule has 0 rings (SSSR count). The van der Waals surface area contributed by atoms with E-state index in [4.69, 9.17) is 5.11 Å². The van der Waals surface area contributed by atoms with Crippen molar-refractivity contribution >= 4 is 11.9 Å². The van der Waals surface area contributed by atoms with Gasteiger partial charge >= 0.3 is 5.97 Å². The fourth-order valence-corrected chi connectivity index (χ4v) is 1.38. The number of hydrogen-bond acceptors (Lipinski definition) is 3. The van der Waals surface area contributed by atoms with E-state index in [1.165, 1.54) is 0 Å². The number of carbonyl (C=O) groups excluding carboxylic acids is 1. The van der Waals surface area contributed by atoms with Gasteiger partial charge in [-0.3, -0.25) is 9.59 Å². The molecular weight excluding hydrogens is 208 g/mol. The summed E-state index contributed by atoms with van der Waals surface area (Å²) in [4.78, 5) is 21.7. The predicted octanol–water partition coefficient (Wildman–Crippen LogP) is 0.603. The topological polar surface area (TPSA) is 78.4 Å². The molecule has 0 aromatic carbocycles. The van der Waals surface area contributed by atoms with E-state index in [2.05, 4.69) is 10.6 Å². The van der Waals surface area contributed by atoms with Gasteiger partial charge in [-0.2, -0.15) is 0 Å². The van der Waals surface area contributed by atoms with E-state index in [-0.39, 0.29) is 24.7 Å². The largest absolute Gasteiger partial charge is 0.481 e. The summed E-state index contributed by atoms with van der Waals surface area (Å²) in [6.45, 7) is 6.27. The Hall–Kier alpha value is -1.10. The van der Waals surface area contributed by atoms with Gasteiger partial charge in [-0.1, -0.05) is 13.8 Å². The summed E-state index contributed by atoms with van der Waals surface area (Å²) in [5.74, 6) is -1.02. The smallest absolute Gasteiger partial charge is 0.303 e. The SMILES string of the molecule is CCNCCCNC(=O)CC(C)CC(=O)O. The summed E-state index contributed by atoms with van der Waals surface area (Å²) in [7, 11) is 0. The lowest BCUT2D eigenvalue weighted by molar-refractivity contribution is -0.138. The summed E-state index contributed by atoms with van der Waals surface area (Å²) in [5.41, 5.74) is 0. The van der Waals surface area contributed by atoms with Gasteiger partial charge in [0, 0.05) is 19.4 Å². The number of hydrogen-bond donors (Lipinski definition) is 3. The number of carboxylic acids is 1. The quantitative estimate of drug-likeness (QED) is 0.507. The van der Waals surface area contributed by atoms with E-state index in [0.717, 1.165) is 19.5 Å². The van der Waals surface area contributed by atoms with E-state index in [1.54, 1.807) is 6.92 Å².